The molecule has 7 nitrogen and oxygen atoms in total. The van der Waals surface area contributed by atoms with Crippen LogP contribution in [0.3, 0.4) is 0 Å². The number of fused-ring (bicyclic) bond motifs is 1. The molecular formula is C34H40ClFN2O5. The Morgan fingerprint density at radius 2 is 1.63 bits per heavy atom. The van der Waals surface area contributed by atoms with Gasteiger partial charge in [-0.3, -0.25) is 4.79 Å². The summed E-state index contributed by atoms with van der Waals surface area (Å²) in [5, 5.41) is 6.52. The molecule has 1 aliphatic heterocycles. The number of carbonyl (C=O) groups excluding carboxylic acids is 2. The monoisotopic (exact) mass is 610 g/mol. The number of amides is 1. The molecule has 0 saturated carbocycles. The summed E-state index contributed by atoms with van der Waals surface area (Å²) in [6.07, 6.45) is 0.494. The van der Waals surface area contributed by atoms with E-state index in [4.69, 9.17) is 25.8 Å². The SMILES string of the molecule is CC(C)(C)OC(=O)CCCNc1cccc(F)c1-c1c(Cl)ccc2c1CC(CNC(=O)OC(C)(C)C)(c1ccccc1)O2. The smallest absolute Gasteiger partial charge is 0.407 e. The predicted molar refractivity (Wildman–Crippen MR) is 167 cm³/mol. The van der Waals surface area contributed by atoms with Crippen molar-refractivity contribution in [3.63, 3.8) is 0 Å². The van der Waals surface area contributed by atoms with Crippen molar-refractivity contribution in [1.82, 2.24) is 5.32 Å². The average molecular weight is 611 g/mol. The van der Waals surface area contributed by atoms with Crippen LogP contribution in [-0.2, 0) is 26.3 Å². The molecule has 2 N–H and O–H groups in total. The lowest BCUT2D eigenvalue weighted by atomic mass is 9.86. The average Bonchev–Trinajstić information content (AvgIpc) is 3.29. The van der Waals surface area contributed by atoms with E-state index < -0.39 is 28.7 Å². The van der Waals surface area contributed by atoms with Gasteiger partial charge in [0.2, 0.25) is 0 Å². The van der Waals surface area contributed by atoms with Gasteiger partial charge < -0.3 is 24.8 Å². The fourth-order valence-corrected chi connectivity index (χ4v) is 5.35. The second-order valence-electron chi connectivity index (χ2n) is 12.7. The molecule has 230 valence electrons. The Kier molecular flexibility index (Phi) is 9.60. The molecule has 1 unspecified atom stereocenters. The summed E-state index contributed by atoms with van der Waals surface area (Å²) in [4.78, 5) is 24.8. The molecule has 1 aliphatic rings. The maximum absolute atomic E-state index is 15.6. The van der Waals surface area contributed by atoms with Crippen LogP contribution in [0.4, 0.5) is 14.9 Å². The molecule has 0 spiro atoms. The standard InChI is InChI=1S/C34H40ClFN2O5/c1-32(2,3)42-28(39)16-11-19-37-26-15-10-14-25(36)30(26)29-23-20-34(22-12-8-7-9-13-22,41-27(23)18-17-24(29)35)21-38-31(40)43-33(4,5)6/h7-10,12-15,17-18,37H,11,16,19-21H2,1-6H3,(H,38,40). The van der Waals surface area contributed by atoms with Crippen LogP contribution in [0.5, 0.6) is 5.75 Å². The number of ether oxygens (including phenoxy) is 3. The van der Waals surface area contributed by atoms with E-state index in [2.05, 4.69) is 10.6 Å². The van der Waals surface area contributed by atoms with Crippen molar-refractivity contribution in [2.75, 3.05) is 18.4 Å². The van der Waals surface area contributed by atoms with Crippen molar-refractivity contribution in [3.05, 3.63) is 82.6 Å². The molecule has 3 aromatic rings. The third kappa shape index (κ3) is 8.20. The fraction of sp³-hybridized carbons (Fsp3) is 0.412. The predicted octanol–water partition coefficient (Wildman–Crippen LogP) is 8.04. The van der Waals surface area contributed by atoms with Gasteiger partial charge in [0.05, 0.1) is 6.54 Å². The minimum atomic E-state index is -0.980. The number of hydrogen-bond acceptors (Lipinski definition) is 6. The van der Waals surface area contributed by atoms with E-state index in [9.17, 15) is 9.59 Å². The van der Waals surface area contributed by atoms with Crippen LogP contribution in [0.15, 0.2) is 60.7 Å². The van der Waals surface area contributed by atoms with Gasteiger partial charge in [-0.15, -0.1) is 0 Å². The van der Waals surface area contributed by atoms with E-state index in [1.807, 2.05) is 51.1 Å². The van der Waals surface area contributed by atoms with Gasteiger partial charge in [-0.2, -0.15) is 0 Å². The molecule has 3 aromatic carbocycles. The summed E-state index contributed by atoms with van der Waals surface area (Å²) in [6, 6.07) is 17.8. The van der Waals surface area contributed by atoms with Gasteiger partial charge in [0.25, 0.3) is 0 Å². The molecule has 4 rings (SSSR count). The van der Waals surface area contributed by atoms with Crippen molar-refractivity contribution in [1.29, 1.82) is 0 Å². The van der Waals surface area contributed by atoms with Gasteiger partial charge in [0.15, 0.2) is 5.60 Å². The van der Waals surface area contributed by atoms with Gasteiger partial charge in [0, 0.05) is 46.8 Å². The van der Waals surface area contributed by atoms with Crippen molar-refractivity contribution in [3.8, 4) is 16.9 Å². The lowest BCUT2D eigenvalue weighted by molar-refractivity contribution is -0.154. The first kappa shape index (κ1) is 32.1. The van der Waals surface area contributed by atoms with Crippen LogP contribution < -0.4 is 15.4 Å². The molecule has 0 aliphatic carbocycles. The highest BCUT2D eigenvalue weighted by Crippen LogP contribution is 2.49. The van der Waals surface area contributed by atoms with Gasteiger partial charge in [-0.25, -0.2) is 9.18 Å². The summed E-state index contributed by atoms with van der Waals surface area (Å²) in [6.45, 7) is 11.4. The minimum absolute atomic E-state index is 0.116. The maximum Gasteiger partial charge on any atom is 0.407 e. The second kappa shape index (κ2) is 12.8. The van der Waals surface area contributed by atoms with Gasteiger partial charge in [0.1, 0.15) is 22.8 Å². The van der Waals surface area contributed by atoms with E-state index in [1.54, 1.807) is 45.0 Å². The molecule has 0 aromatic heterocycles. The van der Waals surface area contributed by atoms with Gasteiger partial charge in [-0.05, 0) is 77.8 Å². The van der Waals surface area contributed by atoms with Crippen molar-refractivity contribution >= 4 is 29.4 Å². The van der Waals surface area contributed by atoms with Crippen LogP contribution in [0, 0.1) is 5.82 Å². The van der Waals surface area contributed by atoms with E-state index >= 15 is 4.39 Å². The van der Waals surface area contributed by atoms with Crippen LogP contribution in [0.2, 0.25) is 5.02 Å². The highest BCUT2D eigenvalue weighted by Gasteiger charge is 2.43. The number of hydrogen-bond donors (Lipinski definition) is 2. The molecule has 9 heteroatoms. The first-order valence-corrected chi connectivity index (χ1v) is 14.8. The number of anilines is 1. The third-order valence-corrected chi connectivity index (χ3v) is 7.08. The molecule has 0 radical (unpaired) electrons. The van der Waals surface area contributed by atoms with E-state index in [0.717, 1.165) is 11.1 Å². The number of benzene rings is 3. The number of alkyl carbamates (subject to hydrolysis) is 1. The Morgan fingerprint density at radius 1 is 0.930 bits per heavy atom. The number of nitrogens with one attached hydrogen (secondary N) is 2. The van der Waals surface area contributed by atoms with Gasteiger partial charge in [-0.1, -0.05) is 48.0 Å². The number of carbonyl (C=O) groups is 2. The minimum Gasteiger partial charge on any atom is -0.480 e. The molecule has 1 heterocycles. The van der Waals surface area contributed by atoms with E-state index in [0.29, 0.717) is 47.0 Å². The molecule has 0 fully saturated rings. The van der Waals surface area contributed by atoms with Gasteiger partial charge >= 0.3 is 12.1 Å². The molecule has 0 saturated heterocycles. The quantitative estimate of drug-likeness (QED) is 0.188. The lowest BCUT2D eigenvalue weighted by Crippen LogP contribution is -2.45. The molecule has 1 amide bonds. The normalized spacial score (nSPS) is 16.2. The van der Waals surface area contributed by atoms with E-state index in [-0.39, 0.29) is 18.9 Å². The summed E-state index contributed by atoms with van der Waals surface area (Å²) in [5.74, 6) is -0.183. The summed E-state index contributed by atoms with van der Waals surface area (Å²) < 4.78 is 33.1. The number of esters is 1. The van der Waals surface area contributed by atoms with Crippen molar-refractivity contribution < 1.29 is 28.2 Å². The largest absolute Gasteiger partial charge is 0.480 e. The molecule has 43 heavy (non-hydrogen) atoms. The second-order valence-corrected chi connectivity index (χ2v) is 13.1. The summed E-state index contributed by atoms with van der Waals surface area (Å²) in [7, 11) is 0. The molecule has 0 bridgehead atoms. The highest BCUT2D eigenvalue weighted by atomic mass is 35.5. The molecule has 1 atom stereocenters. The first-order chi connectivity index (χ1) is 20.2. The summed E-state index contributed by atoms with van der Waals surface area (Å²) >= 11 is 6.79. The van der Waals surface area contributed by atoms with Crippen molar-refractivity contribution in [2.45, 2.75) is 77.6 Å². The Balaban J connectivity index is 1.64. The maximum atomic E-state index is 15.6. The Bertz CT molecular complexity index is 1470. The first-order valence-electron chi connectivity index (χ1n) is 14.4. The van der Waals surface area contributed by atoms with Crippen molar-refractivity contribution in [2.24, 2.45) is 0 Å². The van der Waals surface area contributed by atoms with Crippen LogP contribution in [0.1, 0.15) is 65.5 Å². The zero-order valence-corrected chi connectivity index (χ0v) is 26.4. The zero-order chi connectivity index (χ0) is 31.4. The Morgan fingerprint density at radius 3 is 2.30 bits per heavy atom. The van der Waals surface area contributed by atoms with Crippen LogP contribution >= 0.6 is 11.6 Å². The zero-order valence-electron chi connectivity index (χ0n) is 25.6. The third-order valence-electron chi connectivity index (χ3n) is 6.76. The van der Waals surface area contributed by atoms with Crippen LogP contribution in [0.25, 0.3) is 11.1 Å². The van der Waals surface area contributed by atoms with Crippen LogP contribution in [-0.4, -0.2) is 36.4 Å². The van der Waals surface area contributed by atoms with E-state index in [1.165, 1.54) is 6.07 Å². The Labute approximate surface area is 258 Å². The topological polar surface area (TPSA) is 85.9 Å². The number of rotatable bonds is 9. The summed E-state index contributed by atoms with van der Waals surface area (Å²) in [5.41, 5.74) is 0.754. The molecular weight excluding hydrogens is 571 g/mol. The lowest BCUT2D eigenvalue weighted by Gasteiger charge is -2.30. The number of halogens is 2. The Hall–Kier alpha value is -3.78. The fourth-order valence-electron chi connectivity index (χ4n) is 5.08. The highest BCUT2D eigenvalue weighted by molar-refractivity contribution is 6.33.